The molecule has 0 saturated heterocycles. The number of aromatic nitrogens is 1. The Morgan fingerprint density at radius 2 is 2.00 bits per heavy atom. The molecule has 0 aliphatic heterocycles. The van der Waals surface area contributed by atoms with Gasteiger partial charge in [0.1, 0.15) is 11.7 Å². The highest BCUT2D eigenvalue weighted by Gasteiger charge is 2.25. The SMILES string of the molecule is CC(C)C(NC(=O)c1ncc(Br)cc1Br)C(=O)O. The highest BCUT2D eigenvalue weighted by Crippen LogP contribution is 2.19. The molecule has 2 N–H and O–H groups in total. The number of nitrogens with one attached hydrogen (secondary N) is 1. The standard InChI is InChI=1S/C11H12Br2N2O3/c1-5(2)8(11(17)18)15-10(16)9-7(13)3-6(12)4-14-9/h3-5,8H,1-2H3,(H,15,16)(H,17,18). The summed E-state index contributed by atoms with van der Waals surface area (Å²) in [5, 5.41) is 11.4. The molecule has 98 valence electrons. The normalized spacial score (nSPS) is 12.3. The van der Waals surface area contributed by atoms with Gasteiger partial charge in [-0.3, -0.25) is 4.79 Å². The molecule has 18 heavy (non-hydrogen) atoms. The van der Waals surface area contributed by atoms with Crippen LogP contribution in [0, 0.1) is 5.92 Å². The van der Waals surface area contributed by atoms with Crippen LogP contribution < -0.4 is 5.32 Å². The summed E-state index contributed by atoms with van der Waals surface area (Å²) in [6.07, 6.45) is 1.48. The van der Waals surface area contributed by atoms with E-state index in [0.717, 1.165) is 4.47 Å². The van der Waals surface area contributed by atoms with Gasteiger partial charge in [0.15, 0.2) is 0 Å². The van der Waals surface area contributed by atoms with Gasteiger partial charge in [0, 0.05) is 10.7 Å². The first-order chi connectivity index (χ1) is 8.32. The second kappa shape index (κ2) is 6.29. The van der Waals surface area contributed by atoms with Gasteiger partial charge in [0.25, 0.3) is 5.91 Å². The summed E-state index contributed by atoms with van der Waals surface area (Å²) in [6, 6.07) is 0.738. The third-order valence-corrected chi connectivity index (χ3v) is 3.28. The Bertz CT molecular complexity index is 477. The Hall–Kier alpha value is -0.950. The molecule has 0 fully saturated rings. The molecule has 0 spiro atoms. The Morgan fingerprint density at radius 3 is 2.44 bits per heavy atom. The van der Waals surface area contributed by atoms with Crippen LogP contribution >= 0.6 is 31.9 Å². The fraction of sp³-hybridized carbons (Fsp3) is 0.364. The molecule has 0 aromatic carbocycles. The lowest BCUT2D eigenvalue weighted by Crippen LogP contribution is -2.44. The van der Waals surface area contributed by atoms with Crippen LogP contribution in [0.2, 0.25) is 0 Å². The van der Waals surface area contributed by atoms with E-state index in [1.807, 2.05) is 0 Å². The lowest BCUT2D eigenvalue weighted by Gasteiger charge is -2.17. The van der Waals surface area contributed by atoms with Crippen molar-refractivity contribution in [3.63, 3.8) is 0 Å². The van der Waals surface area contributed by atoms with Crippen LogP contribution in [0.5, 0.6) is 0 Å². The molecule has 1 aromatic rings. The minimum atomic E-state index is -1.06. The number of hydrogen-bond acceptors (Lipinski definition) is 3. The molecule has 7 heteroatoms. The van der Waals surface area contributed by atoms with Crippen molar-refractivity contribution < 1.29 is 14.7 Å². The molecule has 0 aliphatic rings. The van der Waals surface area contributed by atoms with E-state index in [1.54, 1.807) is 19.9 Å². The number of carboxylic acids is 1. The van der Waals surface area contributed by atoms with E-state index in [4.69, 9.17) is 5.11 Å². The van der Waals surface area contributed by atoms with Crippen LogP contribution in [0.25, 0.3) is 0 Å². The summed E-state index contributed by atoms with van der Waals surface area (Å²) >= 11 is 6.44. The van der Waals surface area contributed by atoms with Gasteiger partial charge in [-0.05, 0) is 43.8 Å². The monoisotopic (exact) mass is 378 g/mol. The first-order valence-electron chi connectivity index (χ1n) is 5.17. The number of carbonyl (C=O) groups excluding carboxylic acids is 1. The van der Waals surface area contributed by atoms with Crippen molar-refractivity contribution in [2.75, 3.05) is 0 Å². The summed E-state index contributed by atoms with van der Waals surface area (Å²) in [6.45, 7) is 3.45. The maximum absolute atomic E-state index is 11.9. The Labute approximate surface area is 121 Å². The van der Waals surface area contributed by atoms with Crippen molar-refractivity contribution in [2.24, 2.45) is 5.92 Å². The maximum atomic E-state index is 11.9. The lowest BCUT2D eigenvalue weighted by atomic mass is 10.0. The molecule has 1 aromatic heterocycles. The second-order valence-corrected chi connectivity index (χ2v) is 5.79. The van der Waals surface area contributed by atoms with Crippen LogP contribution in [-0.4, -0.2) is 28.0 Å². The van der Waals surface area contributed by atoms with Crippen molar-refractivity contribution in [1.82, 2.24) is 10.3 Å². The van der Waals surface area contributed by atoms with Crippen LogP contribution in [-0.2, 0) is 4.79 Å². The molecule has 1 heterocycles. The smallest absolute Gasteiger partial charge is 0.326 e. The number of hydrogen-bond donors (Lipinski definition) is 2. The molecule has 1 amide bonds. The van der Waals surface area contributed by atoms with Crippen molar-refractivity contribution in [3.8, 4) is 0 Å². The quantitative estimate of drug-likeness (QED) is 0.842. The highest BCUT2D eigenvalue weighted by molar-refractivity contribution is 9.11. The molecule has 0 radical (unpaired) electrons. The van der Waals surface area contributed by atoms with E-state index in [0.29, 0.717) is 4.47 Å². The number of carboxylic acid groups (broad SMARTS) is 1. The Balaban J connectivity index is 2.91. The van der Waals surface area contributed by atoms with Crippen molar-refractivity contribution in [2.45, 2.75) is 19.9 Å². The third kappa shape index (κ3) is 3.78. The molecule has 5 nitrogen and oxygen atoms in total. The minimum Gasteiger partial charge on any atom is -0.480 e. The molecular weight excluding hydrogens is 368 g/mol. The minimum absolute atomic E-state index is 0.158. The average molecular weight is 380 g/mol. The summed E-state index contributed by atoms with van der Waals surface area (Å²) in [7, 11) is 0. The van der Waals surface area contributed by atoms with Gasteiger partial charge in [0.05, 0.1) is 4.47 Å². The predicted molar refractivity (Wildman–Crippen MR) is 73.4 cm³/mol. The maximum Gasteiger partial charge on any atom is 0.326 e. The third-order valence-electron chi connectivity index (χ3n) is 2.24. The highest BCUT2D eigenvalue weighted by atomic mass is 79.9. The average Bonchev–Trinajstić information content (AvgIpc) is 2.24. The van der Waals surface area contributed by atoms with Gasteiger partial charge < -0.3 is 10.4 Å². The van der Waals surface area contributed by atoms with Crippen molar-refractivity contribution in [3.05, 3.63) is 26.9 Å². The number of rotatable bonds is 4. The van der Waals surface area contributed by atoms with E-state index in [1.165, 1.54) is 6.20 Å². The van der Waals surface area contributed by atoms with E-state index in [-0.39, 0.29) is 11.6 Å². The van der Waals surface area contributed by atoms with E-state index < -0.39 is 17.9 Å². The van der Waals surface area contributed by atoms with Crippen LogP contribution in [0.1, 0.15) is 24.3 Å². The van der Waals surface area contributed by atoms with Gasteiger partial charge in [-0.25, -0.2) is 9.78 Å². The van der Waals surface area contributed by atoms with Gasteiger partial charge in [-0.1, -0.05) is 13.8 Å². The number of amides is 1. The molecule has 1 rings (SSSR count). The zero-order valence-corrected chi connectivity index (χ0v) is 12.9. The summed E-state index contributed by atoms with van der Waals surface area (Å²) in [5.41, 5.74) is 0.158. The first kappa shape index (κ1) is 15.1. The van der Waals surface area contributed by atoms with Crippen LogP contribution in [0.3, 0.4) is 0 Å². The second-order valence-electron chi connectivity index (χ2n) is 4.02. The lowest BCUT2D eigenvalue weighted by molar-refractivity contribution is -0.140. The van der Waals surface area contributed by atoms with Gasteiger partial charge >= 0.3 is 5.97 Å². The number of nitrogens with zero attached hydrogens (tertiary/aromatic N) is 1. The number of pyridine rings is 1. The van der Waals surface area contributed by atoms with Gasteiger partial charge in [-0.15, -0.1) is 0 Å². The van der Waals surface area contributed by atoms with Gasteiger partial charge in [-0.2, -0.15) is 0 Å². The fourth-order valence-corrected chi connectivity index (χ4v) is 2.47. The predicted octanol–water partition coefficient (Wildman–Crippen LogP) is 2.45. The largest absolute Gasteiger partial charge is 0.480 e. The number of aliphatic carboxylic acids is 1. The zero-order valence-electron chi connectivity index (χ0n) is 9.78. The molecule has 1 atom stereocenters. The van der Waals surface area contributed by atoms with E-state index in [2.05, 4.69) is 42.2 Å². The zero-order chi connectivity index (χ0) is 13.9. The van der Waals surface area contributed by atoms with Gasteiger partial charge in [0.2, 0.25) is 0 Å². The van der Waals surface area contributed by atoms with Crippen molar-refractivity contribution in [1.29, 1.82) is 0 Å². The summed E-state index contributed by atoms with van der Waals surface area (Å²) in [4.78, 5) is 26.9. The first-order valence-corrected chi connectivity index (χ1v) is 6.76. The molecule has 0 aliphatic carbocycles. The molecule has 0 bridgehead atoms. The summed E-state index contributed by atoms with van der Waals surface area (Å²) < 4.78 is 1.23. The van der Waals surface area contributed by atoms with Crippen LogP contribution in [0.4, 0.5) is 0 Å². The molecule has 1 unspecified atom stereocenters. The number of carbonyl (C=O) groups is 2. The molecule has 0 saturated carbocycles. The Kier molecular flexibility index (Phi) is 5.28. The van der Waals surface area contributed by atoms with E-state index >= 15 is 0 Å². The topological polar surface area (TPSA) is 79.3 Å². The number of halogens is 2. The Morgan fingerprint density at radius 1 is 1.39 bits per heavy atom. The van der Waals surface area contributed by atoms with Crippen molar-refractivity contribution >= 4 is 43.7 Å². The van der Waals surface area contributed by atoms with Crippen LogP contribution in [0.15, 0.2) is 21.2 Å². The molecular formula is C11H12Br2N2O3. The fourth-order valence-electron chi connectivity index (χ4n) is 1.30. The summed E-state index contributed by atoms with van der Waals surface area (Å²) in [5.74, 6) is -1.79. The van der Waals surface area contributed by atoms with E-state index in [9.17, 15) is 9.59 Å².